The summed E-state index contributed by atoms with van der Waals surface area (Å²) in [6, 6.07) is 13.1. The maximum absolute atomic E-state index is 11.0. The molecule has 1 heterocycles. The molecular weight excluding hydrogens is 374 g/mol. The minimum Gasteiger partial charge on any atom is -0.487 e. The van der Waals surface area contributed by atoms with Crippen LogP contribution in [0.3, 0.4) is 0 Å². The maximum atomic E-state index is 11.0. The third-order valence-electron chi connectivity index (χ3n) is 6.37. The monoisotopic (exact) mass is 407 g/mol. The van der Waals surface area contributed by atoms with Gasteiger partial charge in [-0.25, -0.2) is 0 Å². The molecule has 1 aliphatic carbocycles. The summed E-state index contributed by atoms with van der Waals surface area (Å²) in [7, 11) is 2.20. The zero-order valence-electron chi connectivity index (χ0n) is 18.8. The SMILES string of the molecule is CN(Cc1cc(-c2ccc(CC(=O)O)cc2)cc2c1OC(C)(C)CC2(C)C)C1CC1. The molecule has 1 saturated carbocycles. The molecule has 0 spiro atoms. The van der Waals surface area contributed by atoms with Crippen LogP contribution >= 0.6 is 0 Å². The Balaban J connectivity index is 1.77. The van der Waals surface area contributed by atoms with Crippen molar-refractivity contribution < 1.29 is 14.6 Å². The van der Waals surface area contributed by atoms with E-state index in [9.17, 15) is 4.79 Å². The minimum atomic E-state index is -0.802. The van der Waals surface area contributed by atoms with E-state index < -0.39 is 5.97 Å². The fourth-order valence-corrected chi connectivity index (χ4v) is 4.97. The number of carboxylic acids is 1. The van der Waals surface area contributed by atoms with Gasteiger partial charge in [0.2, 0.25) is 0 Å². The van der Waals surface area contributed by atoms with Gasteiger partial charge < -0.3 is 9.84 Å². The number of ether oxygens (including phenoxy) is 1. The van der Waals surface area contributed by atoms with Gasteiger partial charge in [0.25, 0.3) is 0 Å². The van der Waals surface area contributed by atoms with Crippen LogP contribution < -0.4 is 4.74 Å². The van der Waals surface area contributed by atoms with Crippen LogP contribution in [0.4, 0.5) is 0 Å². The molecule has 1 N–H and O–H groups in total. The first-order valence-corrected chi connectivity index (χ1v) is 10.9. The van der Waals surface area contributed by atoms with Crippen molar-refractivity contribution >= 4 is 5.97 Å². The smallest absolute Gasteiger partial charge is 0.307 e. The molecule has 0 radical (unpaired) electrons. The molecule has 0 saturated heterocycles. The van der Waals surface area contributed by atoms with Crippen molar-refractivity contribution in [2.45, 2.75) is 77.0 Å². The van der Waals surface area contributed by atoms with E-state index in [1.54, 1.807) is 0 Å². The Kier molecular flexibility index (Phi) is 5.17. The summed E-state index contributed by atoms with van der Waals surface area (Å²) in [6.07, 6.45) is 3.58. The highest BCUT2D eigenvalue weighted by atomic mass is 16.5. The molecule has 0 unspecified atom stereocenters. The lowest BCUT2D eigenvalue weighted by Gasteiger charge is -2.43. The van der Waals surface area contributed by atoms with Crippen molar-refractivity contribution in [2.75, 3.05) is 7.05 Å². The molecule has 1 fully saturated rings. The highest BCUT2D eigenvalue weighted by Crippen LogP contribution is 2.48. The summed E-state index contributed by atoms with van der Waals surface area (Å²) < 4.78 is 6.55. The van der Waals surface area contributed by atoms with Crippen LogP contribution in [0.25, 0.3) is 11.1 Å². The molecule has 4 nitrogen and oxygen atoms in total. The minimum absolute atomic E-state index is 0.0171. The van der Waals surface area contributed by atoms with E-state index >= 15 is 0 Å². The summed E-state index contributed by atoms with van der Waals surface area (Å²) in [4.78, 5) is 13.4. The number of fused-ring (bicyclic) bond motifs is 1. The van der Waals surface area contributed by atoms with Gasteiger partial charge in [-0.1, -0.05) is 38.1 Å². The molecule has 1 aliphatic heterocycles. The van der Waals surface area contributed by atoms with Crippen LogP contribution in [0.1, 0.15) is 63.6 Å². The van der Waals surface area contributed by atoms with Crippen molar-refractivity contribution in [3.05, 3.63) is 53.1 Å². The molecule has 160 valence electrons. The van der Waals surface area contributed by atoms with E-state index in [1.807, 2.05) is 24.3 Å². The predicted octanol–water partition coefficient (Wildman–Crippen LogP) is 5.41. The summed E-state index contributed by atoms with van der Waals surface area (Å²) in [5, 5.41) is 9.04. The zero-order valence-corrected chi connectivity index (χ0v) is 18.8. The lowest BCUT2D eigenvalue weighted by Crippen LogP contribution is -2.42. The van der Waals surface area contributed by atoms with Gasteiger partial charge in [-0.2, -0.15) is 0 Å². The number of rotatable bonds is 6. The van der Waals surface area contributed by atoms with E-state index in [0.717, 1.165) is 29.8 Å². The topological polar surface area (TPSA) is 49.8 Å². The van der Waals surface area contributed by atoms with E-state index in [2.05, 4.69) is 51.8 Å². The summed E-state index contributed by atoms with van der Waals surface area (Å²) in [5.74, 6) is 0.249. The number of benzene rings is 2. The maximum Gasteiger partial charge on any atom is 0.307 e. The molecule has 0 aromatic heterocycles. The Morgan fingerprint density at radius 2 is 1.77 bits per heavy atom. The standard InChI is InChI=1S/C26H33NO3/c1-25(2)16-26(3,4)30-24-20(15-27(5)21-10-11-21)13-19(14-22(24)25)18-8-6-17(7-9-18)12-23(28)29/h6-9,13-14,21H,10-12,15-16H2,1-5H3,(H,28,29). The van der Waals surface area contributed by atoms with E-state index in [0.29, 0.717) is 6.04 Å². The first-order chi connectivity index (χ1) is 14.0. The van der Waals surface area contributed by atoms with Crippen molar-refractivity contribution in [3.8, 4) is 16.9 Å². The highest BCUT2D eigenvalue weighted by Gasteiger charge is 2.40. The van der Waals surface area contributed by atoms with Crippen LogP contribution in [0.2, 0.25) is 0 Å². The molecule has 2 aliphatic rings. The fraction of sp³-hybridized carbons (Fsp3) is 0.500. The molecule has 4 rings (SSSR count). The molecule has 30 heavy (non-hydrogen) atoms. The van der Waals surface area contributed by atoms with Crippen molar-refractivity contribution in [1.82, 2.24) is 4.90 Å². The zero-order chi connectivity index (χ0) is 21.7. The lowest BCUT2D eigenvalue weighted by atomic mass is 9.72. The Hall–Kier alpha value is -2.33. The Labute approximate surface area is 179 Å². The second kappa shape index (κ2) is 7.42. The van der Waals surface area contributed by atoms with Crippen LogP contribution in [0, 0.1) is 0 Å². The summed E-state index contributed by atoms with van der Waals surface area (Å²) in [6.45, 7) is 9.86. The third-order valence-corrected chi connectivity index (χ3v) is 6.37. The molecule has 2 aromatic rings. The first kappa shape index (κ1) is 20.9. The number of hydrogen-bond donors (Lipinski definition) is 1. The average molecular weight is 408 g/mol. The van der Waals surface area contributed by atoms with Gasteiger partial charge in [0, 0.05) is 23.7 Å². The van der Waals surface area contributed by atoms with Gasteiger partial charge in [-0.05, 0) is 74.4 Å². The fourth-order valence-electron chi connectivity index (χ4n) is 4.97. The van der Waals surface area contributed by atoms with Crippen LogP contribution in [0.5, 0.6) is 5.75 Å². The van der Waals surface area contributed by atoms with E-state index in [4.69, 9.17) is 9.84 Å². The van der Waals surface area contributed by atoms with Crippen LogP contribution in [0.15, 0.2) is 36.4 Å². The van der Waals surface area contributed by atoms with Gasteiger partial charge in [0.05, 0.1) is 6.42 Å². The predicted molar refractivity (Wildman–Crippen MR) is 120 cm³/mol. The van der Waals surface area contributed by atoms with Crippen molar-refractivity contribution in [3.63, 3.8) is 0 Å². The number of carbonyl (C=O) groups is 1. The van der Waals surface area contributed by atoms with Crippen LogP contribution in [-0.4, -0.2) is 34.7 Å². The van der Waals surface area contributed by atoms with Gasteiger partial charge >= 0.3 is 5.97 Å². The van der Waals surface area contributed by atoms with Crippen LogP contribution in [-0.2, 0) is 23.2 Å². The number of carboxylic acid groups (broad SMARTS) is 1. The Morgan fingerprint density at radius 3 is 2.37 bits per heavy atom. The second-order valence-corrected chi connectivity index (χ2v) is 10.3. The van der Waals surface area contributed by atoms with Gasteiger partial charge in [-0.3, -0.25) is 9.69 Å². The quantitative estimate of drug-likeness (QED) is 0.695. The molecule has 0 atom stereocenters. The largest absolute Gasteiger partial charge is 0.487 e. The molecule has 4 heteroatoms. The lowest BCUT2D eigenvalue weighted by molar-refractivity contribution is -0.136. The first-order valence-electron chi connectivity index (χ1n) is 10.9. The summed E-state index contributed by atoms with van der Waals surface area (Å²) >= 11 is 0. The molecule has 2 aromatic carbocycles. The third kappa shape index (κ3) is 4.39. The summed E-state index contributed by atoms with van der Waals surface area (Å²) in [5.41, 5.74) is 5.45. The van der Waals surface area contributed by atoms with E-state index in [1.165, 1.54) is 29.5 Å². The van der Waals surface area contributed by atoms with E-state index in [-0.39, 0.29) is 17.4 Å². The number of aliphatic carboxylic acids is 1. The average Bonchev–Trinajstić information content (AvgIpc) is 3.46. The molecule has 0 amide bonds. The number of hydrogen-bond acceptors (Lipinski definition) is 3. The van der Waals surface area contributed by atoms with Gasteiger partial charge in [0.1, 0.15) is 11.4 Å². The number of nitrogens with zero attached hydrogens (tertiary/aromatic N) is 1. The van der Waals surface area contributed by atoms with Gasteiger partial charge in [0.15, 0.2) is 0 Å². The highest BCUT2D eigenvalue weighted by molar-refractivity contribution is 5.72. The Morgan fingerprint density at radius 1 is 1.10 bits per heavy atom. The second-order valence-electron chi connectivity index (χ2n) is 10.3. The normalized spacial score (nSPS) is 19.3. The molecule has 0 bridgehead atoms. The molecular formula is C26H33NO3. The van der Waals surface area contributed by atoms with Crippen molar-refractivity contribution in [1.29, 1.82) is 0 Å². The van der Waals surface area contributed by atoms with Crippen molar-refractivity contribution in [2.24, 2.45) is 0 Å². The van der Waals surface area contributed by atoms with Gasteiger partial charge in [-0.15, -0.1) is 0 Å². The Bertz CT molecular complexity index is 955.